The average Bonchev–Trinajstić information content (AvgIpc) is 2.25. The van der Waals surface area contributed by atoms with Crippen molar-refractivity contribution in [1.29, 1.82) is 0 Å². The van der Waals surface area contributed by atoms with E-state index in [-0.39, 0.29) is 12.5 Å². The highest BCUT2D eigenvalue weighted by Crippen LogP contribution is 2.16. The molecule has 14 heavy (non-hydrogen) atoms. The Balaban J connectivity index is 2.31. The van der Waals surface area contributed by atoms with Crippen molar-refractivity contribution in [2.45, 2.75) is 19.8 Å². The molecular weight excluding hydrogens is 180 g/mol. The fourth-order valence-corrected chi connectivity index (χ4v) is 1.84. The predicted molar refractivity (Wildman–Crippen MR) is 54.9 cm³/mol. The van der Waals surface area contributed by atoms with Crippen LogP contribution >= 0.6 is 0 Å². The molecule has 0 aromatic heterocycles. The van der Waals surface area contributed by atoms with Crippen molar-refractivity contribution in [2.24, 2.45) is 11.7 Å². The summed E-state index contributed by atoms with van der Waals surface area (Å²) in [5, 5.41) is 0. The Bertz CT molecular complexity index is 185. The van der Waals surface area contributed by atoms with Gasteiger partial charge in [0.1, 0.15) is 0 Å². The Hall–Kier alpha value is -0.610. The maximum absolute atomic E-state index is 11.3. The van der Waals surface area contributed by atoms with Crippen molar-refractivity contribution in [3.63, 3.8) is 0 Å². The molecule has 4 nitrogen and oxygen atoms in total. The summed E-state index contributed by atoms with van der Waals surface area (Å²) in [6, 6.07) is 0. The third-order valence-electron chi connectivity index (χ3n) is 2.60. The van der Waals surface area contributed by atoms with Crippen LogP contribution < -0.4 is 5.73 Å². The summed E-state index contributed by atoms with van der Waals surface area (Å²) in [5.74, 6) is 0.561. The Morgan fingerprint density at radius 2 is 2.43 bits per heavy atom. The number of likely N-dealkylation sites (tertiary alicyclic amines) is 1. The van der Waals surface area contributed by atoms with Crippen LogP contribution in [0.2, 0.25) is 0 Å². The van der Waals surface area contributed by atoms with Gasteiger partial charge >= 0.3 is 0 Å². The van der Waals surface area contributed by atoms with Crippen LogP contribution in [0.4, 0.5) is 0 Å². The van der Waals surface area contributed by atoms with E-state index in [0.717, 1.165) is 39.1 Å². The highest BCUT2D eigenvalue weighted by atomic mass is 16.5. The van der Waals surface area contributed by atoms with E-state index < -0.39 is 0 Å². The van der Waals surface area contributed by atoms with Crippen LogP contribution in [-0.4, -0.2) is 43.7 Å². The molecule has 0 bridgehead atoms. The minimum Gasteiger partial charge on any atom is -0.381 e. The monoisotopic (exact) mass is 200 g/mol. The van der Waals surface area contributed by atoms with Gasteiger partial charge in [-0.3, -0.25) is 4.79 Å². The van der Waals surface area contributed by atoms with E-state index in [1.54, 1.807) is 0 Å². The fourth-order valence-electron chi connectivity index (χ4n) is 1.84. The van der Waals surface area contributed by atoms with Crippen LogP contribution in [0.3, 0.4) is 0 Å². The number of ether oxygens (including phenoxy) is 1. The van der Waals surface area contributed by atoms with E-state index in [1.165, 1.54) is 0 Å². The molecule has 0 radical (unpaired) electrons. The molecule has 0 aromatic carbocycles. The van der Waals surface area contributed by atoms with Crippen molar-refractivity contribution in [3.05, 3.63) is 0 Å². The molecule has 1 rings (SSSR count). The second kappa shape index (κ2) is 5.98. The van der Waals surface area contributed by atoms with Crippen molar-refractivity contribution in [1.82, 2.24) is 4.90 Å². The molecule has 82 valence electrons. The lowest BCUT2D eigenvalue weighted by atomic mass is 9.99. The molecule has 1 heterocycles. The molecule has 0 saturated carbocycles. The van der Waals surface area contributed by atoms with E-state index in [4.69, 9.17) is 10.5 Å². The standard InChI is InChI=1S/C10H20N2O2/c1-2-14-8-9-4-3-5-12(7-9)10(13)6-11/h9H,2-8,11H2,1H3/t9-/m0/s1. The van der Waals surface area contributed by atoms with Crippen LogP contribution in [0, 0.1) is 5.92 Å². The zero-order chi connectivity index (χ0) is 10.4. The maximum atomic E-state index is 11.3. The first-order chi connectivity index (χ1) is 6.77. The molecule has 0 spiro atoms. The summed E-state index contributed by atoms with van der Waals surface area (Å²) >= 11 is 0. The van der Waals surface area contributed by atoms with E-state index in [0.29, 0.717) is 5.92 Å². The van der Waals surface area contributed by atoms with Gasteiger partial charge in [0, 0.05) is 19.7 Å². The summed E-state index contributed by atoms with van der Waals surface area (Å²) < 4.78 is 5.37. The van der Waals surface area contributed by atoms with E-state index in [2.05, 4.69) is 0 Å². The zero-order valence-corrected chi connectivity index (χ0v) is 8.87. The first-order valence-corrected chi connectivity index (χ1v) is 5.33. The zero-order valence-electron chi connectivity index (χ0n) is 8.87. The van der Waals surface area contributed by atoms with Crippen LogP contribution in [0.5, 0.6) is 0 Å². The minimum absolute atomic E-state index is 0.0613. The number of piperidine rings is 1. The molecule has 1 fully saturated rings. The lowest BCUT2D eigenvalue weighted by molar-refractivity contribution is -0.131. The van der Waals surface area contributed by atoms with Gasteiger partial charge in [-0.15, -0.1) is 0 Å². The van der Waals surface area contributed by atoms with Crippen LogP contribution in [0.15, 0.2) is 0 Å². The lowest BCUT2D eigenvalue weighted by Gasteiger charge is -2.32. The number of hydrogen-bond donors (Lipinski definition) is 1. The van der Waals surface area contributed by atoms with Gasteiger partial charge in [0.2, 0.25) is 5.91 Å². The van der Waals surface area contributed by atoms with Crippen LogP contribution in [-0.2, 0) is 9.53 Å². The summed E-state index contributed by atoms with van der Waals surface area (Å²) in [7, 11) is 0. The largest absolute Gasteiger partial charge is 0.381 e. The average molecular weight is 200 g/mol. The molecule has 0 unspecified atom stereocenters. The number of rotatable bonds is 4. The molecule has 0 aromatic rings. The number of amides is 1. The fraction of sp³-hybridized carbons (Fsp3) is 0.900. The maximum Gasteiger partial charge on any atom is 0.236 e. The first kappa shape index (κ1) is 11.5. The van der Waals surface area contributed by atoms with Gasteiger partial charge in [-0.2, -0.15) is 0 Å². The quantitative estimate of drug-likeness (QED) is 0.706. The SMILES string of the molecule is CCOC[C@H]1CCCN(C(=O)CN)C1. The van der Waals surface area contributed by atoms with Gasteiger partial charge in [0.25, 0.3) is 0 Å². The highest BCUT2D eigenvalue weighted by Gasteiger charge is 2.22. The predicted octanol–water partition coefficient (Wildman–Crippen LogP) is 0.220. The third kappa shape index (κ3) is 3.27. The number of nitrogens with two attached hydrogens (primary N) is 1. The Morgan fingerprint density at radius 3 is 3.07 bits per heavy atom. The lowest BCUT2D eigenvalue weighted by Crippen LogP contribution is -2.43. The van der Waals surface area contributed by atoms with Crippen molar-refractivity contribution in [3.8, 4) is 0 Å². The van der Waals surface area contributed by atoms with Crippen molar-refractivity contribution in [2.75, 3.05) is 32.8 Å². The van der Waals surface area contributed by atoms with Gasteiger partial charge in [-0.25, -0.2) is 0 Å². The molecular formula is C10H20N2O2. The van der Waals surface area contributed by atoms with E-state index in [1.807, 2.05) is 11.8 Å². The molecule has 1 saturated heterocycles. The van der Waals surface area contributed by atoms with Crippen LogP contribution in [0.25, 0.3) is 0 Å². The second-order valence-electron chi connectivity index (χ2n) is 3.71. The third-order valence-corrected chi connectivity index (χ3v) is 2.60. The van der Waals surface area contributed by atoms with Crippen molar-refractivity contribution >= 4 is 5.91 Å². The molecule has 1 aliphatic heterocycles. The topological polar surface area (TPSA) is 55.6 Å². The van der Waals surface area contributed by atoms with Crippen LogP contribution in [0.1, 0.15) is 19.8 Å². The Morgan fingerprint density at radius 1 is 1.64 bits per heavy atom. The van der Waals surface area contributed by atoms with Gasteiger partial charge in [0.15, 0.2) is 0 Å². The molecule has 1 atom stereocenters. The summed E-state index contributed by atoms with van der Waals surface area (Å²) in [5.41, 5.74) is 5.33. The molecule has 1 amide bonds. The van der Waals surface area contributed by atoms with Gasteiger partial charge < -0.3 is 15.4 Å². The first-order valence-electron chi connectivity index (χ1n) is 5.33. The normalized spacial score (nSPS) is 22.4. The van der Waals surface area contributed by atoms with Gasteiger partial charge in [-0.1, -0.05) is 0 Å². The summed E-state index contributed by atoms with van der Waals surface area (Å²) in [6.07, 6.45) is 2.23. The smallest absolute Gasteiger partial charge is 0.236 e. The van der Waals surface area contributed by atoms with Gasteiger partial charge in [0.05, 0.1) is 13.2 Å². The molecule has 0 aliphatic carbocycles. The minimum atomic E-state index is 0.0613. The van der Waals surface area contributed by atoms with E-state index >= 15 is 0 Å². The number of carbonyl (C=O) groups is 1. The number of hydrogen-bond acceptors (Lipinski definition) is 3. The second-order valence-corrected chi connectivity index (χ2v) is 3.71. The molecule has 1 aliphatic rings. The Labute approximate surface area is 85.4 Å². The van der Waals surface area contributed by atoms with Gasteiger partial charge in [-0.05, 0) is 25.7 Å². The van der Waals surface area contributed by atoms with Crippen molar-refractivity contribution < 1.29 is 9.53 Å². The Kier molecular flexibility index (Phi) is 4.90. The summed E-state index contributed by atoms with van der Waals surface area (Å²) in [6.45, 7) is 5.31. The number of nitrogens with zero attached hydrogens (tertiary/aromatic N) is 1. The molecule has 2 N–H and O–H groups in total. The summed E-state index contributed by atoms with van der Waals surface area (Å²) in [4.78, 5) is 13.2. The highest BCUT2D eigenvalue weighted by molar-refractivity contribution is 5.78. The van der Waals surface area contributed by atoms with E-state index in [9.17, 15) is 4.79 Å². The molecule has 4 heteroatoms. The number of carbonyl (C=O) groups excluding carboxylic acids is 1.